The SMILES string of the molecule is COc1ccc(-c2cc([C@H]3CN4CC[C@H]3C[C@@H]4CNS(=O)(=O)c3cccc4cccnc34)n(C)n2)cc1OC. The summed E-state index contributed by atoms with van der Waals surface area (Å²) in [6, 6.07) is 17.1. The van der Waals surface area contributed by atoms with Crippen molar-refractivity contribution in [3.63, 3.8) is 0 Å². The molecular weight excluding hydrogens is 514 g/mol. The first-order valence-corrected chi connectivity index (χ1v) is 14.7. The largest absolute Gasteiger partial charge is 0.493 e. The van der Waals surface area contributed by atoms with Crippen LogP contribution < -0.4 is 14.2 Å². The highest BCUT2D eigenvalue weighted by Gasteiger charge is 2.42. The summed E-state index contributed by atoms with van der Waals surface area (Å²) < 4.78 is 42.2. The lowest BCUT2D eigenvalue weighted by molar-refractivity contribution is 0.0306. The lowest BCUT2D eigenvalue weighted by atomic mass is 9.74. The first-order chi connectivity index (χ1) is 18.9. The molecule has 3 aliphatic heterocycles. The lowest BCUT2D eigenvalue weighted by Crippen LogP contribution is -2.56. The van der Waals surface area contributed by atoms with Gasteiger partial charge in [0.1, 0.15) is 4.90 Å². The molecule has 0 radical (unpaired) electrons. The summed E-state index contributed by atoms with van der Waals surface area (Å²) in [5.74, 6) is 2.18. The van der Waals surface area contributed by atoms with Gasteiger partial charge in [-0.05, 0) is 61.7 Å². The van der Waals surface area contributed by atoms with E-state index in [0.29, 0.717) is 35.4 Å². The summed E-state index contributed by atoms with van der Waals surface area (Å²) in [6.07, 6.45) is 3.66. The van der Waals surface area contributed by atoms with E-state index in [1.807, 2.05) is 48.1 Å². The van der Waals surface area contributed by atoms with Gasteiger partial charge in [-0.2, -0.15) is 5.10 Å². The summed E-state index contributed by atoms with van der Waals surface area (Å²) in [4.78, 5) is 6.98. The zero-order valence-electron chi connectivity index (χ0n) is 22.4. The molecule has 0 saturated carbocycles. The first kappa shape index (κ1) is 25.8. The topological polar surface area (TPSA) is 98.6 Å². The fourth-order valence-electron chi connectivity index (χ4n) is 6.23. The Morgan fingerprint density at radius 2 is 1.87 bits per heavy atom. The third kappa shape index (κ3) is 4.77. The van der Waals surface area contributed by atoms with Crippen LogP contribution >= 0.6 is 0 Å². The molecule has 7 rings (SSSR count). The quantitative estimate of drug-likeness (QED) is 0.358. The predicted molar refractivity (Wildman–Crippen MR) is 150 cm³/mol. The number of methoxy groups -OCH3 is 2. The van der Waals surface area contributed by atoms with Crippen LogP contribution in [0.2, 0.25) is 0 Å². The van der Waals surface area contributed by atoms with E-state index in [-0.39, 0.29) is 10.9 Å². The second kappa shape index (κ2) is 10.3. The van der Waals surface area contributed by atoms with Gasteiger partial charge in [0.05, 0.1) is 25.4 Å². The van der Waals surface area contributed by atoms with Crippen molar-refractivity contribution in [2.75, 3.05) is 33.9 Å². The third-order valence-electron chi connectivity index (χ3n) is 8.25. The fraction of sp³-hybridized carbons (Fsp3) is 0.379. The number of hydrogen-bond donors (Lipinski definition) is 1. The van der Waals surface area contributed by atoms with E-state index >= 15 is 0 Å². The van der Waals surface area contributed by atoms with Gasteiger partial charge in [-0.1, -0.05) is 18.2 Å². The number of sulfonamides is 1. The van der Waals surface area contributed by atoms with Gasteiger partial charge in [-0.15, -0.1) is 0 Å². The molecule has 10 heteroatoms. The maximum Gasteiger partial charge on any atom is 0.242 e. The number of aryl methyl sites for hydroxylation is 1. The van der Waals surface area contributed by atoms with E-state index in [2.05, 4.69) is 20.7 Å². The van der Waals surface area contributed by atoms with E-state index in [4.69, 9.17) is 14.6 Å². The molecule has 2 bridgehead atoms. The van der Waals surface area contributed by atoms with Crippen molar-refractivity contribution < 1.29 is 17.9 Å². The molecule has 9 nitrogen and oxygen atoms in total. The third-order valence-corrected chi connectivity index (χ3v) is 9.70. The van der Waals surface area contributed by atoms with Gasteiger partial charge in [-0.25, -0.2) is 13.1 Å². The number of benzene rings is 2. The Morgan fingerprint density at radius 3 is 2.64 bits per heavy atom. The van der Waals surface area contributed by atoms with Crippen LogP contribution in [0.15, 0.2) is 65.7 Å². The molecule has 1 unspecified atom stereocenters. The smallest absolute Gasteiger partial charge is 0.242 e. The highest BCUT2D eigenvalue weighted by Crippen LogP contribution is 2.43. The maximum atomic E-state index is 13.3. The van der Waals surface area contributed by atoms with Gasteiger partial charge in [0.25, 0.3) is 0 Å². The highest BCUT2D eigenvalue weighted by molar-refractivity contribution is 7.89. The number of ether oxygens (including phenoxy) is 2. The van der Waals surface area contributed by atoms with Crippen LogP contribution in [0, 0.1) is 5.92 Å². The van der Waals surface area contributed by atoms with Crippen molar-refractivity contribution in [1.29, 1.82) is 0 Å². The van der Waals surface area contributed by atoms with Gasteiger partial charge in [0, 0.05) is 54.9 Å². The zero-order chi connectivity index (χ0) is 27.1. The van der Waals surface area contributed by atoms with Crippen molar-refractivity contribution in [2.24, 2.45) is 13.0 Å². The molecular formula is C29H33N5O4S. The van der Waals surface area contributed by atoms with E-state index in [1.54, 1.807) is 32.5 Å². The van der Waals surface area contributed by atoms with Crippen LogP contribution in [0.3, 0.4) is 0 Å². The van der Waals surface area contributed by atoms with Crippen molar-refractivity contribution in [2.45, 2.75) is 29.7 Å². The molecule has 3 saturated heterocycles. The summed E-state index contributed by atoms with van der Waals surface area (Å²) in [6.45, 7) is 2.25. The second-order valence-corrected chi connectivity index (χ2v) is 12.1. The van der Waals surface area contributed by atoms with Crippen LogP contribution in [-0.4, -0.2) is 68.0 Å². The van der Waals surface area contributed by atoms with E-state index in [1.165, 1.54) is 5.69 Å². The van der Waals surface area contributed by atoms with E-state index < -0.39 is 10.0 Å². The zero-order valence-corrected chi connectivity index (χ0v) is 23.2. The molecule has 3 fully saturated rings. The number of nitrogens with one attached hydrogen (secondary N) is 1. The molecule has 5 heterocycles. The number of rotatable bonds is 8. The molecule has 39 heavy (non-hydrogen) atoms. The molecule has 4 atom stereocenters. The fourth-order valence-corrected chi connectivity index (χ4v) is 7.48. The summed E-state index contributed by atoms with van der Waals surface area (Å²) in [5.41, 5.74) is 3.58. The van der Waals surface area contributed by atoms with Gasteiger partial charge in [-0.3, -0.25) is 14.6 Å². The van der Waals surface area contributed by atoms with Gasteiger partial charge >= 0.3 is 0 Å². The Balaban J connectivity index is 1.17. The lowest BCUT2D eigenvalue weighted by Gasteiger charge is -2.49. The Morgan fingerprint density at radius 1 is 1.05 bits per heavy atom. The number of hydrogen-bond acceptors (Lipinski definition) is 7. The van der Waals surface area contributed by atoms with Crippen molar-refractivity contribution in [1.82, 2.24) is 24.4 Å². The van der Waals surface area contributed by atoms with E-state index in [9.17, 15) is 8.42 Å². The molecule has 3 aliphatic rings. The van der Waals surface area contributed by atoms with Gasteiger partial charge in [0.2, 0.25) is 10.0 Å². The number of aromatic nitrogens is 3. The minimum Gasteiger partial charge on any atom is -0.493 e. The number of para-hydroxylation sites is 1. The predicted octanol–water partition coefficient (Wildman–Crippen LogP) is 3.81. The molecule has 4 aromatic rings. The standard InChI is InChI=1S/C29H33N5O4S/c1-33-25(16-24(32-33)21-9-10-26(37-2)27(15-21)38-3)23-18-34-13-11-20(23)14-22(34)17-31-39(35,36)28-8-4-6-19-7-5-12-30-29(19)28/h4-10,12,15-16,20,22-23,31H,11,13-14,17-18H2,1-3H3/t20-,22+,23-/m0/s1. The van der Waals surface area contributed by atoms with Crippen LogP contribution in [0.25, 0.3) is 22.2 Å². The summed E-state index contributed by atoms with van der Waals surface area (Å²) in [7, 11) is 1.58. The Hall–Kier alpha value is -3.47. The van der Waals surface area contributed by atoms with Crippen LogP contribution in [0.1, 0.15) is 24.5 Å². The molecule has 0 amide bonds. The van der Waals surface area contributed by atoms with Gasteiger partial charge in [0.15, 0.2) is 11.5 Å². The van der Waals surface area contributed by atoms with Crippen LogP contribution in [0.5, 0.6) is 11.5 Å². The molecule has 2 aromatic carbocycles. The molecule has 204 valence electrons. The molecule has 0 spiro atoms. The molecule has 2 aromatic heterocycles. The Labute approximate surface area is 228 Å². The monoisotopic (exact) mass is 547 g/mol. The number of pyridine rings is 1. The Kier molecular flexibility index (Phi) is 6.78. The van der Waals surface area contributed by atoms with E-state index in [0.717, 1.165) is 42.6 Å². The first-order valence-electron chi connectivity index (χ1n) is 13.2. The average molecular weight is 548 g/mol. The van der Waals surface area contributed by atoms with Crippen molar-refractivity contribution in [3.05, 3.63) is 66.5 Å². The molecule has 0 aliphatic carbocycles. The normalized spacial score (nSPS) is 22.7. The van der Waals surface area contributed by atoms with Crippen molar-refractivity contribution >= 4 is 20.9 Å². The summed E-state index contributed by atoms with van der Waals surface area (Å²) >= 11 is 0. The second-order valence-electron chi connectivity index (χ2n) is 10.4. The van der Waals surface area contributed by atoms with Gasteiger partial charge < -0.3 is 9.47 Å². The Bertz CT molecular complexity index is 1610. The molecule has 1 N–H and O–H groups in total. The maximum absolute atomic E-state index is 13.3. The van der Waals surface area contributed by atoms with Crippen LogP contribution in [0.4, 0.5) is 0 Å². The van der Waals surface area contributed by atoms with Crippen LogP contribution in [-0.2, 0) is 17.1 Å². The summed E-state index contributed by atoms with van der Waals surface area (Å²) in [5, 5.41) is 5.63. The number of piperidine rings is 3. The minimum atomic E-state index is -3.69. The highest BCUT2D eigenvalue weighted by atomic mass is 32.2. The average Bonchev–Trinajstić information content (AvgIpc) is 3.37. The minimum absolute atomic E-state index is 0.163. The number of nitrogens with zero attached hydrogens (tertiary/aromatic N) is 4. The van der Waals surface area contributed by atoms with Crippen molar-refractivity contribution in [3.8, 4) is 22.8 Å². The number of fused-ring (bicyclic) bond motifs is 4.